The molecule has 25 heavy (non-hydrogen) atoms. The number of ketones is 1. The molecule has 4 N–H and O–H groups in total. The number of Topliss-reactive ketones (excluding diaryl/α,β-unsaturated/α-hetero) is 1. The molecule has 0 spiro atoms. The minimum Gasteiger partial charge on any atom is -0.459 e. The lowest BCUT2D eigenvalue weighted by Crippen LogP contribution is -2.40. The zero-order valence-corrected chi connectivity index (χ0v) is 13.5. The van der Waals surface area contributed by atoms with Crippen molar-refractivity contribution < 1.29 is 19.1 Å². The quantitative estimate of drug-likeness (QED) is 0.605. The van der Waals surface area contributed by atoms with Crippen molar-refractivity contribution >= 4 is 17.7 Å². The second-order valence-corrected chi connectivity index (χ2v) is 5.97. The van der Waals surface area contributed by atoms with E-state index in [1.165, 1.54) is 0 Å². The van der Waals surface area contributed by atoms with Crippen LogP contribution in [0.5, 0.6) is 0 Å². The number of fused-ring (bicyclic) bond motifs is 3. The van der Waals surface area contributed by atoms with Gasteiger partial charge in [-0.15, -0.1) is 0 Å². The first-order valence-electron chi connectivity index (χ1n) is 7.92. The molecule has 0 aliphatic heterocycles. The van der Waals surface area contributed by atoms with Gasteiger partial charge in [0, 0.05) is 12.3 Å². The molecule has 0 saturated heterocycles. The lowest BCUT2D eigenvalue weighted by atomic mass is 9.98. The predicted molar refractivity (Wildman–Crippen MR) is 91.5 cm³/mol. The van der Waals surface area contributed by atoms with Gasteiger partial charge in [0.15, 0.2) is 0 Å². The highest BCUT2D eigenvalue weighted by atomic mass is 16.5. The molecular weight excluding hydrogens is 320 g/mol. The molecule has 2 aromatic rings. The molecule has 0 unspecified atom stereocenters. The predicted octanol–water partition coefficient (Wildman–Crippen LogP) is 1.11. The van der Waals surface area contributed by atoms with Crippen LogP contribution >= 0.6 is 0 Å². The van der Waals surface area contributed by atoms with Crippen LogP contribution in [0.2, 0.25) is 0 Å². The molecule has 0 saturated carbocycles. The third kappa shape index (κ3) is 3.29. The van der Waals surface area contributed by atoms with Crippen LogP contribution in [-0.4, -0.2) is 30.3 Å². The highest BCUT2D eigenvalue weighted by molar-refractivity contribution is 6.36. The molecular formula is C19H18N2O4. The van der Waals surface area contributed by atoms with Gasteiger partial charge in [-0.1, -0.05) is 48.5 Å². The maximum atomic E-state index is 11.9. The lowest BCUT2D eigenvalue weighted by Gasteiger charge is -2.14. The summed E-state index contributed by atoms with van der Waals surface area (Å²) in [6, 6.07) is 14.5. The fraction of sp³-hybridized carbons (Fsp3) is 0.211. The van der Waals surface area contributed by atoms with E-state index in [-0.39, 0.29) is 18.9 Å². The number of hydrogen-bond donors (Lipinski definition) is 2. The summed E-state index contributed by atoms with van der Waals surface area (Å²) in [6.45, 7) is 0.0297. The Hall–Kier alpha value is -2.99. The van der Waals surface area contributed by atoms with E-state index in [0.29, 0.717) is 0 Å². The summed E-state index contributed by atoms with van der Waals surface area (Å²) in [5.74, 6) is -2.88. The standard InChI is InChI=1S/C19H18N2O4/c20-16(9-17(21)22)18(23)19(24)25-10-15-13-7-3-1-5-11(13)12-6-2-4-8-14(12)15/h1-8,15-16H,9-10,20H2,(H2,21,22)/t16-/m0/s1. The fourth-order valence-electron chi connectivity index (χ4n) is 3.13. The van der Waals surface area contributed by atoms with Crippen LogP contribution in [0.25, 0.3) is 11.1 Å². The molecule has 0 radical (unpaired) electrons. The van der Waals surface area contributed by atoms with Gasteiger partial charge < -0.3 is 16.2 Å². The average Bonchev–Trinajstić information content (AvgIpc) is 2.92. The van der Waals surface area contributed by atoms with E-state index in [1.807, 2.05) is 48.5 Å². The van der Waals surface area contributed by atoms with Gasteiger partial charge in [-0.2, -0.15) is 0 Å². The Morgan fingerprint density at radius 3 is 2.00 bits per heavy atom. The summed E-state index contributed by atoms with van der Waals surface area (Å²) >= 11 is 0. The van der Waals surface area contributed by atoms with Crippen molar-refractivity contribution in [3.63, 3.8) is 0 Å². The van der Waals surface area contributed by atoms with Crippen molar-refractivity contribution in [3.8, 4) is 11.1 Å². The van der Waals surface area contributed by atoms with Crippen LogP contribution in [0.1, 0.15) is 23.5 Å². The van der Waals surface area contributed by atoms with Gasteiger partial charge in [0.2, 0.25) is 5.91 Å². The number of hydrogen-bond acceptors (Lipinski definition) is 5. The fourth-order valence-corrected chi connectivity index (χ4v) is 3.13. The molecule has 6 nitrogen and oxygen atoms in total. The summed E-state index contributed by atoms with van der Waals surface area (Å²) in [6.07, 6.45) is -0.386. The van der Waals surface area contributed by atoms with Crippen molar-refractivity contribution in [1.29, 1.82) is 0 Å². The van der Waals surface area contributed by atoms with Gasteiger partial charge in [0.05, 0.1) is 6.04 Å². The second-order valence-electron chi connectivity index (χ2n) is 5.97. The lowest BCUT2D eigenvalue weighted by molar-refractivity contribution is -0.154. The number of carbonyl (C=O) groups excluding carboxylic acids is 3. The molecule has 3 rings (SSSR count). The van der Waals surface area contributed by atoms with E-state index in [9.17, 15) is 14.4 Å². The Balaban J connectivity index is 1.74. The largest absolute Gasteiger partial charge is 0.459 e. The van der Waals surface area contributed by atoms with Gasteiger partial charge in [0.25, 0.3) is 5.78 Å². The number of amides is 1. The molecule has 2 aromatic carbocycles. The van der Waals surface area contributed by atoms with Crippen LogP contribution in [0.4, 0.5) is 0 Å². The SMILES string of the molecule is NC(=O)C[C@H](N)C(=O)C(=O)OCC1c2ccccc2-c2ccccc21. The van der Waals surface area contributed by atoms with Gasteiger partial charge in [-0.3, -0.25) is 9.59 Å². The summed E-state index contributed by atoms with van der Waals surface area (Å²) in [7, 11) is 0. The van der Waals surface area contributed by atoms with Gasteiger partial charge in [0.1, 0.15) is 6.61 Å². The normalized spacial score (nSPS) is 13.6. The molecule has 1 atom stereocenters. The minimum atomic E-state index is -1.27. The molecule has 1 aliphatic carbocycles. The Morgan fingerprint density at radius 2 is 1.48 bits per heavy atom. The minimum absolute atomic E-state index is 0.0297. The van der Waals surface area contributed by atoms with Crippen LogP contribution in [0, 0.1) is 0 Å². The number of esters is 1. The average molecular weight is 338 g/mol. The smallest absolute Gasteiger partial charge is 0.376 e. The first kappa shape index (κ1) is 16.9. The number of nitrogens with two attached hydrogens (primary N) is 2. The summed E-state index contributed by atoms with van der Waals surface area (Å²) in [4.78, 5) is 34.6. The van der Waals surface area contributed by atoms with Crippen LogP contribution < -0.4 is 11.5 Å². The number of carbonyl (C=O) groups is 3. The zero-order valence-electron chi connectivity index (χ0n) is 13.5. The van der Waals surface area contributed by atoms with Crippen LogP contribution in [0.15, 0.2) is 48.5 Å². The van der Waals surface area contributed by atoms with E-state index in [1.54, 1.807) is 0 Å². The van der Waals surface area contributed by atoms with E-state index >= 15 is 0 Å². The Morgan fingerprint density at radius 1 is 0.960 bits per heavy atom. The molecule has 0 bridgehead atoms. The molecule has 0 fully saturated rings. The van der Waals surface area contributed by atoms with Gasteiger partial charge >= 0.3 is 5.97 Å². The third-order valence-corrected chi connectivity index (χ3v) is 4.30. The van der Waals surface area contributed by atoms with Gasteiger partial charge in [-0.05, 0) is 22.3 Å². The molecule has 0 aromatic heterocycles. The van der Waals surface area contributed by atoms with E-state index < -0.39 is 23.7 Å². The molecule has 0 heterocycles. The van der Waals surface area contributed by atoms with Crippen molar-refractivity contribution in [1.82, 2.24) is 0 Å². The van der Waals surface area contributed by atoms with Crippen molar-refractivity contribution in [2.45, 2.75) is 18.4 Å². The van der Waals surface area contributed by atoms with Crippen molar-refractivity contribution in [2.24, 2.45) is 11.5 Å². The maximum absolute atomic E-state index is 11.9. The first-order valence-corrected chi connectivity index (χ1v) is 7.92. The Labute approximate surface area is 144 Å². The topological polar surface area (TPSA) is 112 Å². The monoisotopic (exact) mass is 338 g/mol. The number of ether oxygens (including phenoxy) is 1. The van der Waals surface area contributed by atoms with Crippen LogP contribution in [0.3, 0.4) is 0 Å². The maximum Gasteiger partial charge on any atom is 0.376 e. The third-order valence-electron chi connectivity index (χ3n) is 4.30. The molecule has 128 valence electrons. The number of benzene rings is 2. The summed E-state index contributed by atoms with van der Waals surface area (Å²) in [5.41, 5.74) is 14.8. The number of rotatable bonds is 6. The molecule has 1 amide bonds. The highest BCUT2D eigenvalue weighted by Crippen LogP contribution is 2.44. The first-order chi connectivity index (χ1) is 12.0. The van der Waals surface area contributed by atoms with Crippen molar-refractivity contribution in [2.75, 3.05) is 6.61 Å². The van der Waals surface area contributed by atoms with E-state index in [4.69, 9.17) is 16.2 Å². The Kier molecular flexibility index (Phi) is 4.63. The Bertz CT molecular complexity index is 801. The number of primary amides is 1. The summed E-state index contributed by atoms with van der Waals surface area (Å²) < 4.78 is 5.18. The van der Waals surface area contributed by atoms with Crippen molar-refractivity contribution in [3.05, 3.63) is 59.7 Å². The summed E-state index contributed by atoms with van der Waals surface area (Å²) in [5, 5.41) is 0. The second kappa shape index (κ2) is 6.86. The molecule has 1 aliphatic rings. The van der Waals surface area contributed by atoms with E-state index in [2.05, 4.69) is 0 Å². The highest BCUT2D eigenvalue weighted by Gasteiger charge is 2.31. The van der Waals surface area contributed by atoms with Crippen LogP contribution in [-0.2, 0) is 19.1 Å². The van der Waals surface area contributed by atoms with Gasteiger partial charge in [-0.25, -0.2) is 4.79 Å². The zero-order chi connectivity index (χ0) is 18.0. The van der Waals surface area contributed by atoms with E-state index in [0.717, 1.165) is 22.3 Å². The molecule has 6 heteroatoms.